The van der Waals surface area contributed by atoms with Crippen LogP contribution in [0.2, 0.25) is 0 Å². The van der Waals surface area contributed by atoms with Gasteiger partial charge in [0.15, 0.2) is 5.82 Å². The first-order chi connectivity index (χ1) is 7.55. The van der Waals surface area contributed by atoms with E-state index in [2.05, 4.69) is 29.3 Å². The summed E-state index contributed by atoms with van der Waals surface area (Å²) >= 11 is 0. The Labute approximate surface area is 96.8 Å². The first kappa shape index (κ1) is 11.6. The summed E-state index contributed by atoms with van der Waals surface area (Å²) < 4.78 is 5.07. The van der Waals surface area contributed by atoms with Gasteiger partial charge >= 0.3 is 0 Å². The summed E-state index contributed by atoms with van der Waals surface area (Å²) in [7, 11) is 0. The van der Waals surface area contributed by atoms with Crippen LogP contribution in [-0.2, 0) is 6.42 Å². The molecule has 1 aromatic rings. The summed E-state index contributed by atoms with van der Waals surface area (Å²) in [6.07, 6.45) is 4.72. The summed E-state index contributed by atoms with van der Waals surface area (Å²) in [5.74, 6) is 1.46. The molecule has 4 nitrogen and oxygen atoms in total. The third kappa shape index (κ3) is 3.04. The van der Waals surface area contributed by atoms with Crippen LogP contribution in [-0.4, -0.2) is 22.7 Å². The summed E-state index contributed by atoms with van der Waals surface area (Å²) in [6, 6.07) is 0.666. The Bertz CT molecular complexity index is 346. The fraction of sp³-hybridized carbons (Fsp3) is 0.833. The molecule has 0 radical (unpaired) electrons. The van der Waals surface area contributed by atoms with E-state index < -0.39 is 0 Å². The summed E-state index contributed by atoms with van der Waals surface area (Å²) in [6.45, 7) is 7.47. The van der Waals surface area contributed by atoms with Crippen LogP contribution in [0.1, 0.15) is 44.8 Å². The minimum Gasteiger partial charge on any atom is -0.339 e. The Kier molecular flexibility index (Phi) is 3.28. The molecule has 1 saturated carbocycles. The van der Waals surface area contributed by atoms with E-state index in [1.165, 1.54) is 19.3 Å². The van der Waals surface area contributed by atoms with Crippen LogP contribution >= 0.6 is 0 Å². The molecule has 16 heavy (non-hydrogen) atoms. The van der Waals surface area contributed by atoms with Gasteiger partial charge in [0.25, 0.3) is 0 Å². The van der Waals surface area contributed by atoms with Crippen molar-refractivity contribution in [3.8, 4) is 0 Å². The van der Waals surface area contributed by atoms with Crippen LogP contribution in [0.25, 0.3) is 0 Å². The van der Waals surface area contributed by atoms with Gasteiger partial charge in [0.1, 0.15) is 0 Å². The van der Waals surface area contributed by atoms with E-state index in [0.717, 1.165) is 24.7 Å². The number of hydrogen-bond donors (Lipinski definition) is 1. The standard InChI is InChI=1S/C12H21N3O/c1-9-14-11(16-15-9)5-7-13-10-4-6-12(2,3)8-10/h10,13H,4-8H2,1-3H3. The van der Waals surface area contributed by atoms with Crippen molar-refractivity contribution < 1.29 is 4.52 Å². The van der Waals surface area contributed by atoms with Gasteiger partial charge in [-0.25, -0.2) is 0 Å². The first-order valence-corrected chi connectivity index (χ1v) is 6.08. The summed E-state index contributed by atoms with van der Waals surface area (Å²) in [5.41, 5.74) is 0.513. The molecule has 0 spiro atoms. The highest BCUT2D eigenvalue weighted by atomic mass is 16.5. The van der Waals surface area contributed by atoms with Crippen molar-refractivity contribution in [2.24, 2.45) is 5.41 Å². The van der Waals surface area contributed by atoms with Gasteiger partial charge in [-0.3, -0.25) is 0 Å². The number of rotatable bonds is 4. The van der Waals surface area contributed by atoms with E-state index in [9.17, 15) is 0 Å². The highest BCUT2D eigenvalue weighted by molar-refractivity contribution is 4.88. The number of nitrogens with one attached hydrogen (secondary N) is 1. The predicted octanol–water partition coefficient (Wildman–Crippen LogP) is 2.09. The average molecular weight is 223 g/mol. The van der Waals surface area contributed by atoms with Crippen LogP contribution in [0.3, 0.4) is 0 Å². The quantitative estimate of drug-likeness (QED) is 0.849. The van der Waals surface area contributed by atoms with Crippen LogP contribution in [0.4, 0.5) is 0 Å². The minimum atomic E-state index is 0.513. The number of aryl methyl sites for hydroxylation is 1. The molecule has 0 saturated heterocycles. The molecule has 2 rings (SSSR count). The molecule has 1 aromatic heterocycles. The highest BCUT2D eigenvalue weighted by Crippen LogP contribution is 2.36. The van der Waals surface area contributed by atoms with Crippen molar-refractivity contribution in [1.29, 1.82) is 0 Å². The second-order valence-electron chi connectivity index (χ2n) is 5.54. The molecule has 90 valence electrons. The Morgan fingerprint density at radius 1 is 1.50 bits per heavy atom. The molecule has 1 aliphatic carbocycles. The first-order valence-electron chi connectivity index (χ1n) is 6.08. The molecule has 0 aromatic carbocycles. The van der Waals surface area contributed by atoms with Crippen molar-refractivity contribution in [2.75, 3.05) is 6.54 Å². The van der Waals surface area contributed by atoms with Crippen molar-refractivity contribution in [3.63, 3.8) is 0 Å². The fourth-order valence-corrected chi connectivity index (χ4v) is 2.44. The van der Waals surface area contributed by atoms with E-state index in [-0.39, 0.29) is 0 Å². The van der Waals surface area contributed by atoms with Crippen molar-refractivity contribution in [1.82, 2.24) is 15.5 Å². The molecule has 0 aliphatic heterocycles. The zero-order chi connectivity index (χ0) is 11.6. The average Bonchev–Trinajstić information content (AvgIpc) is 2.73. The zero-order valence-electron chi connectivity index (χ0n) is 10.4. The van der Waals surface area contributed by atoms with Crippen LogP contribution in [0.5, 0.6) is 0 Å². The van der Waals surface area contributed by atoms with Gasteiger partial charge < -0.3 is 9.84 Å². The van der Waals surface area contributed by atoms with Gasteiger partial charge in [-0.15, -0.1) is 0 Å². The third-order valence-corrected chi connectivity index (χ3v) is 3.31. The minimum absolute atomic E-state index is 0.513. The molecule has 0 amide bonds. The lowest BCUT2D eigenvalue weighted by molar-refractivity contribution is 0.355. The van der Waals surface area contributed by atoms with Crippen molar-refractivity contribution in [2.45, 2.75) is 52.5 Å². The molecule has 1 N–H and O–H groups in total. The Morgan fingerprint density at radius 2 is 2.31 bits per heavy atom. The number of aromatic nitrogens is 2. The summed E-state index contributed by atoms with van der Waals surface area (Å²) in [4.78, 5) is 4.19. The molecular weight excluding hydrogens is 202 g/mol. The monoisotopic (exact) mass is 223 g/mol. The second kappa shape index (κ2) is 4.53. The van der Waals surface area contributed by atoms with Gasteiger partial charge in [0, 0.05) is 19.0 Å². The van der Waals surface area contributed by atoms with Gasteiger partial charge in [-0.2, -0.15) is 4.98 Å². The Hall–Kier alpha value is -0.900. The molecule has 1 heterocycles. The Morgan fingerprint density at radius 3 is 2.88 bits per heavy atom. The maximum absolute atomic E-state index is 5.07. The van der Waals surface area contributed by atoms with E-state index in [1.54, 1.807) is 0 Å². The molecular formula is C12H21N3O. The summed E-state index contributed by atoms with van der Waals surface area (Å²) in [5, 5.41) is 7.34. The molecule has 0 bridgehead atoms. The van der Waals surface area contributed by atoms with Gasteiger partial charge in [-0.05, 0) is 31.6 Å². The maximum atomic E-state index is 5.07. The van der Waals surface area contributed by atoms with Crippen LogP contribution < -0.4 is 5.32 Å². The largest absolute Gasteiger partial charge is 0.339 e. The van der Waals surface area contributed by atoms with Gasteiger partial charge in [-0.1, -0.05) is 19.0 Å². The van der Waals surface area contributed by atoms with E-state index >= 15 is 0 Å². The van der Waals surface area contributed by atoms with Crippen molar-refractivity contribution in [3.05, 3.63) is 11.7 Å². The van der Waals surface area contributed by atoms with Crippen LogP contribution in [0.15, 0.2) is 4.52 Å². The van der Waals surface area contributed by atoms with Crippen LogP contribution in [0, 0.1) is 12.3 Å². The van der Waals surface area contributed by atoms with Gasteiger partial charge in [0.2, 0.25) is 5.89 Å². The fourth-order valence-electron chi connectivity index (χ4n) is 2.44. The topological polar surface area (TPSA) is 51.0 Å². The SMILES string of the molecule is Cc1noc(CCNC2CCC(C)(C)C2)n1. The zero-order valence-corrected chi connectivity index (χ0v) is 10.4. The molecule has 4 heteroatoms. The third-order valence-electron chi connectivity index (χ3n) is 3.31. The molecule has 1 atom stereocenters. The van der Waals surface area contributed by atoms with E-state index in [1.807, 2.05) is 6.92 Å². The van der Waals surface area contributed by atoms with Crippen molar-refractivity contribution >= 4 is 0 Å². The molecule has 1 aliphatic rings. The maximum Gasteiger partial charge on any atom is 0.227 e. The second-order valence-corrected chi connectivity index (χ2v) is 5.54. The lowest BCUT2D eigenvalue weighted by atomic mass is 9.92. The lowest BCUT2D eigenvalue weighted by Gasteiger charge is -2.17. The molecule has 1 unspecified atom stereocenters. The molecule has 1 fully saturated rings. The number of nitrogens with zero attached hydrogens (tertiary/aromatic N) is 2. The van der Waals surface area contributed by atoms with E-state index in [4.69, 9.17) is 4.52 Å². The van der Waals surface area contributed by atoms with Gasteiger partial charge in [0.05, 0.1) is 0 Å². The Balaban J connectivity index is 1.69. The lowest BCUT2D eigenvalue weighted by Crippen LogP contribution is -2.29. The van der Waals surface area contributed by atoms with E-state index in [0.29, 0.717) is 11.5 Å². The number of hydrogen-bond acceptors (Lipinski definition) is 4. The normalized spacial score (nSPS) is 23.8. The smallest absolute Gasteiger partial charge is 0.227 e. The predicted molar refractivity (Wildman–Crippen MR) is 62.2 cm³/mol. The highest BCUT2D eigenvalue weighted by Gasteiger charge is 2.30.